The summed E-state index contributed by atoms with van der Waals surface area (Å²) in [4.78, 5) is 11.7. The van der Waals surface area contributed by atoms with Crippen LogP contribution in [0.4, 0.5) is 0 Å². The van der Waals surface area contributed by atoms with Gasteiger partial charge in [0.05, 0.1) is 6.61 Å². The largest absolute Gasteiger partial charge is 0.466 e. The molecule has 1 atom stereocenters. The molecule has 0 spiro atoms. The summed E-state index contributed by atoms with van der Waals surface area (Å²) in [6.07, 6.45) is 3.45. The molecule has 0 bridgehead atoms. The lowest BCUT2D eigenvalue weighted by Gasteiger charge is -2.12. The van der Waals surface area contributed by atoms with E-state index in [0.29, 0.717) is 24.9 Å². The molecular formula is C18H28O2. The van der Waals surface area contributed by atoms with Gasteiger partial charge in [-0.2, -0.15) is 0 Å². The highest BCUT2D eigenvalue weighted by Gasteiger charge is 2.09. The van der Waals surface area contributed by atoms with Crippen LogP contribution in [0.3, 0.4) is 0 Å². The molecule has 0 saturated heterocycles. The average molecular weight is 276 g/mol. The van der Waals surface area contributed by atoms with Crippen molar-refractivity contribution in [2.24, 2.45) is 5.92 Å². The highest BCUT2D eigenvalue weighted by molar-refractivity contribution is 5.69. The molecule has 2 nitrogen and oxygen atoms in total. The fourth-order valence-electron chi connectivity index (χ4n) is 2.15. The number of hydrogen-bond donors (Lipinski definition) is 0. The van der Waals surface area contributed by atoms with Crippen LogP contribution >= 0.6 is 0 Å². The number of ether oxygens (including phenoxy) is 1. The van der Waals surface area contributed by atoms with Gasteiger partial charge >= 0.3 is 5.97 Å². The Kier molecular flexibility index (Phi) is 7.35. The van der Waals surface area contributed by atoms with Crippen LogP contribution in [-0.2, 0) is 9.53 Å². The van der Waals surface area contributed by atoms with Gasteiger partial charge in [-0.25, -0.2) is 0 Å². The molecule has 0 N–H and O–H groups in total. The van der Waals surface area contributed by atoms with Gasteiger partial charge in [-0.15, -0.1) is 0 Å². The molecule has 0 heterocycles. The highest BCUT2D eigenvalue weighted by atomic mass is 16.5. The van der Waals surface area contributed by atoms with Gasteiger partial charge in [0.25, 0.3) is 0 Å². The maximum Gasteiger partial charge on any atom is 0.305 e. The second-order valence-electron chi connectivity index (χ2n) is 6.11. The molecule has 0 radical (unpaired) electrons. The lowest BCUT2D eigenvalue weighted by molar-refractivity contribution is -0.144. The molecule has 0 aliphatic rings. The van der Waals surface area contributed by atoms with Crippen molar-refractivity contribution in [2.45, 2.75) is 59.3 Å². The number of rotatable bonds is 8. The van der Waals surface area contributed by atoms with Crippen LogP contribution in [0.1, 0.15) is 63.5 Å². The van der Waals surface area contributed by atoms with E-state index in [-0.39, 0.29) is 5.97 Å². The monoisotopic (exact) mass is 276 g/mol. The van der Waals surface area contributed by atoms with Crippen LogP contribution in [0.25, 0.3) is 0 Å². The topological polar surface area (TPSA) is 26.3 Å². The van der Waals surface area contributed by atoms with E-state index >= 15 is 0 Å². The molecule has 0 aliphatic carbocycles. The molecule has 20 heavy (non-hydrogen) atoms. The van der Waals surface area contributed by atoms with E-state index in [9.17, 15) is 4.79 Å². The van der Waals surface area contributed by atoms with Crippen LogP contribution in [0.2, 0.25) is 0 Å². The van der Waals surface area contributed by atoms with E-state index < -0.39 is 0 Å². The minimum atomic E-state index is -0.0623. The number of benzene rings is 1. The Labute approximate surface area is 123 Å². The third-order valence-corrected chi connectivity index (χ3v) is 3.62. The average Bonchev–Trinajstić information content (AvgIpc) is 2.41. The normalized spacial score (nSPS) is 12.4. The van der Waals surface area contributed by atoms with Crippen molar-refractivity contribution in [2.75, 3.05) is 6.61 Å². The quantitative estimate of drug-likeness (QED) is 0.501. The van der Waals surface area contributed by atoms with Crippen LogP contribution in [0.15, 0.2) is 24.3 Å². The maximum atomic E-state index is 11.7. The van der Waals surface area contributed by atoms with Crippen LogP contribution in [-0.4, -0.2) is 12.6 Å². The van der Waals surface area contributed by atoms with Crippen molar-refractivity contribution in [3.05, 3.63) is 35.4 Å². The van der Waals surface area contributed by atoms with Gasteiger partial charge in [-0.3, -0.25) is 4.79 Å². The van der Waals surface area contributed by atoms with Gasteiger partial charge in [0, 0.05) is 6.42 Å². The van der Waals surface area contributed by atoms with Gasteiger partial charge in [0.15, 0.2) is 0 Å². The summed E-state index contributed by atoms with van der Waals surface area (Å²) in [5, 5.41) is 0. The van der Waals surface area contributed by atoms with Gasteiger partial charge in [0.1, 0.15) is 0 Å². The number of carbonyl (C=O) groups is 1. The molecule has 1 aromatic rings. The molecule has 0 fully saturated rings. The first-order chi connectivity index (χ1) is 9.49. The van der Waals surface area contributed by atoms with Crippen molar-refractivity contribution in [1.82, 2.24) is 0 Å². The molecule has 0 saturated carbocycles. The summed E-state index contributed by atoms with van der Waals surface area (Å²) in [6.45, 7) is 9.19. The van der Waals surface area contributed by atoms with E-state index in [1.807, 2.05) is 0 Å². The third kappa shape index (κ3) is 6.74. The van der Waals surface area contributed by atoms with Crippen molar-refractivity contribution in [3.63, 3.8) is 0 Å². The van der Waals surface area contributed by atoms with Gasteiger partial charge < -0.3 is 4.74 Å². The van der Waals surface area contributed by atoms with Crippen molar-refractivity contribution >= 4 is 5.97 Å². The Bertz CT molecular complexity index is 392. The van der Waals surface area contributed by atoms with E-state index in [2.05, 4.69) is 52.0 Å². The Morgan fingerprint density at radius 3 is 2.35 bits per heavy atom. The summed E-state index contributed by atoms with van der Waals surface area (Å²) >= 11 is 0. The predicted octanol–water partition coefficient (Wildman–Crippen LogP) is 4.86. The van der Waals surface area contributed by atoms with E-state index in [1.54, 1.807) is 0 Å². The first kappa shape index (κ1) is 16.7. The Morgan fingerprint density at radius 2 is 1.75 bits per heavy atom. The minimum Gasteiger partial charge on any atom is -0.466 e. The van der Waals surface area contributed by atoms with E-state index in [1.165, 1.54) is 11.1 Å². The van der Waals surface area contributed by atoms with Crippen molar-refractivity contribution in [1.29, 1.82) is 0 Å². The third-order valence-electron chi connectivity index (χ3n) is 3.62. The summed E-state index contributed by atoms with van der Waals surface area (Å²) in [7, 11) is 0. The first-order valence-electron chi connectivity index (χ1n) is 7.71. The fraction of sp³-hybridized carbons (Fsp3) is 0.611. The fourth-order valence-corrected chi connectivity index (χ4v) is 2.15. The zero-order chi connectivity index (χ0) is 15.0. The molecular weight excluding hydrogens is 248 g/mol. The Hall–Kier alpha value is -1.31. The summed E-state index contributed by atoms with van der Waals surface area (Å²) in [6, 6.07) is 8.54. The molecule has 2 heteroatoms. The lowest BCUT2D eigenvalue weighted by Crippen LogP contribution is -2.08. The minimum absolute atomic E-state index is 0.0623. The smallest absolute Gasteiger partial charge is 0.305 e. The van der Waals surface area contributed by atoms with Crippen molar-refractivity contribution < 1.29 is 9.53 Å². The Morgan fingerprint density at radius 1 is 1.10 bits per heavy atom. The molecule has 0 aliphatic heterocycles. The van der Waals surface area contributed by atoms with Crippen LogP contribution in [0, 0.1) is 12.8 Å². The number of hydrogen-bond acceptors (Lipinski definition) is 2. The summed E-state index contributed by atoms with van der Waals surface area (Å²) in [5.74, 6) is 1.02. The molecule has 112 valence electrons. The first-order valence-corrected chi connectivity index (χ1v) is 7.71. The molecule has 0 aromatic heterocycles. The maximum absolute atomic E-state index is 11.7. The van der Waals surface area contributed by atoms with Gasteiger partial charge in [0.2, 0.25) is 0 Å². The summed E-state index contributed by atoms with van der Waals surface area (Å²) in [5.41, 5.74) is 2.56. The van der Waals surface area contributed by atoms with Crippen LogP contribution in [0.5, 0.6) is 0 Å². The summed E-state index contributed by atoms with van der Waals surface area (Å²) < 4.78 is 5.26. The number of esters is 1. The second kappa shape index (κ2) is 8.78. The van der Waals surface area contributed by atoms with E-state index in [0.717, 1.165) is 19.3 Å². The predicted molar refractivity (Wildman–Crippen MR) is 83.9 cm³/mol. The zero-order valence-corrected chi connectivity index (χ0v) is 13.3. The standard InChI is InChI=1S/C18H28O2/c1-14(2)6-5-13-20-18(19)12-9-16(4)17-10-7-15(3)8-11-17/h7-8,10-11,14,16H,5-6,9,12-13H2,1-4H3. The molecule has 1 unspecified atom stereocenters. The second-order valence-corrected chi connectivity index (χ2v) is 6.11. The van der Waals surface area contributed by atoms with Crippen molar-refractivity contribution in [3.8, 4) is 0 Å². The highest BCUT2D eigenvalue weighted by Crippen LogP contribution is 2.21. The Balaban J connectivity index is 2.21. The molecule has 1 aromatic carbocycles. The SMILES string of the molecule is Cc1ccc(C(C)CCC(=O)OCCCC(C)C)cc1. The molecule has 0 amide bonds. The number of aryl methyl sites for hydroxylation is 1. The van der Waals surface area contributed by atoms with E-state index in [4.69, 9.17) is 4.74 Å². The van der Waals surface area contributed by atoms with Crippen LogP contribution < -0.4 is 0 Å². The lowest BCUT2D eigenvalue weighted by atomic mass is 9.95. The van der Waals surface area contributed by atoms with Gasteiger partial charge in [-0.05, 0) is 43.6 Å². The number of carbonyl (C=O) groups excluding carboxylic acids is 1. The van der Waals surface area contributed by atoms with Gasteiger partial charge in [-0.1, -0.05) is 50.6 Å². The zero-order valence-electron chi connectivity index (χ0n) is 13.3. The molecule has 1 rings (SSSR count).